The van der Waals surface area contributed by atoms with E-state index in [1.54, 1.807) is 6.07 Å². The molecule has 1 saturated carbocycles. The molecule has 1 fully saturated rings. The Kier molecular flexibility index (Phi) is 4.01. The third kappa shape index (κ3) is 3.28. The molecule has 1 aromatic heterocycles. The minimum Gasteiger partial charge on any atom is -0.339 e. The van der Waals surface area contributed by atoms with Gasteiger partial charge in [0, 0.05) is 21.5 Å². The quantitative estimate of drug-likeness (QED) is 0.559. The smallest absolute Gasteiger partial charge is 0.145 e. The van der Waals surface area contributed by atoms with Crippen molar-refractivity contribution in [1.29, 1.82) is 0 Å². The molecule has 0 radical (unpaired) electrons. The van der Waals surface area contributed by atoms with Crippen LogP contribution in [0.2, 0.25) is 5.02 Å². The number of hydrogen-bond donors (Lipinski definition) is 3. The standard InChI is InChI=1S/C14H15BrClN5/c1-7-4-9(15)11(5-10(7)16)18-12-6-13(21-17)20-14(19-12)8-2-3-8/h4-6,8H,2-3,17H2,1H3,(H2,18,19,20,21). The summed E-state index contributed by atoms with van der Waals surface area (Å²) in [7, 11) is 0. The third-order valence-electron chi connectivity index (χ3n) is 3.34. The summed E-state index contributed by atoms with van der Waals surface area (Å²) in [5, 5.41) is 3.96. The zero-order valence-corrected chi connectivity index (χ0v) is 13.8. The number of nitrogens with two attached hydrogens (primary N) is 1. The lowest BCUT2D eigenvalue weighted by Crippen LogP contribution is -2.11. The third-order valence-corrected chi connectivity index (χ3v) is 4.41. The molecule has 0 amide bonds. The minimum atomic E-state index is 0.448. The van der Waals surface area contributed by atoms with Crippen molar-refractivity contribution in [2.75, 3.05) is 10.7 Å². The lowest BCUT2D eigenvalue weighted by Gasteiger charge is -2.12. The summed E-state index contributed by atoms with van der Waals surface area (Å²) in [5.41, 5.74) is 4.45. The fraction of sp³-hybridized carbons (Fsp3) is 0.286. The Bertz CT molecular complexity index is 687. The maximum atomic E-state index is 6.18. The molecule has 0 atom stereocenters. The van der Waals surface area contributed by atoms with Gasteiger partial charge in [0.05, 0.1) is 5.69 Å². The molecule has 1 aliphatic rings. The van der Waals surface area contributed by atoms with Crippen LogP contribution in [0.3, 0.4) is 0 Å². The van der Waals surface area contributed by atoms with E-state index in [2.05, 4.69) is 36.6 Å². The number of benzene rings is 1. The molecular weight excluding hydrogens is 354 g/mol. The SMILES string of the molecule is Cc1cc(Br)c(Nc2cc(NN)nc(C3CC3)n2)cc1Cl. The van der Waals surface area contributed by atoms with E-state index < -0.39 is 0 Å². The van der Waals surface area contributed by atoms with Crippen LogP contribution in [0.15, 0.2) is 22.7 Å². The second-order valence-corrected chi connectivity index (χ2v) is 6.38. The van der Waals surface area contributed by atoms with Crippen LogP contribution in [0.5, 0.6) is 0 Å². The predicted molar refractivity (Wildman–Crippen MR) is 89.0 cm³/mol. The van der Waals surface area contributed by atoms with Crippen molar-refractivity contribution in [2.24, 2.45) is 5.84 Å². The summed E-state index contributed by atoms with van der Waals surface area (Å²) >= 11 is 9.71. The Morgan fingerprint density at radius 1 is 1.24 bits per heavy atom. The number of aromatic nitrogens is 2. The van der Waals surface area contributed by atoms with Crippen molar-refractivity contribution in [3.05, 3.63) is 39.1 Å². The van der Waals surface area contributed by atoms with Crippen molar-refractivity contribution in [1.82, 2.24) is 9.97 Å². The Balaban J connectivity index is 1.94. The second-order valence-electron chi connectivity index (χ2n) is 5.12. The highest BCUT2D eigenvalue weighted by atomic mass is 79.9. The number of halogens is 2. The van der Waals surface area contributed by atoms with E-state index in [0.717, 1.165) is 34.4 Å². The van der Waals surface area contributed by atoms with Crippen molar-refractivity contribution < 1.29 is 0 Å². The minimum absolute atomic E-state index is 0.448. The number of aryl methyl sites for hydroxylation is 1. The molecule has 7 heteroatoms. The Morgan fingerprint density at radius 3 is 2.62 bits per heavy atom. The van der Waals surface area contributed by atoms with Gasteiger partial charge in [-0.15, -0.1) is 0 Å². The first-order valence-corrected chi connectivity index (χ1v) is 7.82. The monoisotopic (exact) mass is 367 g/mol. The first kappa shape index (κ1) is 14.6. The highest BCUT2D eigenvalue weighted by molar-refractivity contribution is 9.10. The molecule has 0 aliphatic heterocycles. The summed E-state index contributed by atoms with van der Waals surface area (Å²) in [4.78, 5) is 8.93. The number of hydrazine groups is 1. The first-order valence-electron chi connectivity index (χ1n) is 6.65. The van der Waals surface area contributed by atoms with Gasteiger partial charge in [-0.3, -0.25) is 0 Å². The largest absolute Gasteiger partial charge is 0.339 e. The molecule has 3 rings (SSSR count). The molecule has 1 heterocycles. The zero-order valence-electron chi connectivity index (χ0n) is 11.5. The predicted octanol–water partition coefficient (Wildman–Crippen LogP) is 4.11. The van der Waals surface area contributed by atoms with Crippen LogP contribution in [0.1, 0.15) is 30.1 Å². The molecule has 0 saturated heterocycles. The first-order chi connectivity index (χ1) is 10.1. The van der Waals surface area contributed by atoms with Gasteiger partial charge < -0.3 is 10.7 Å². The van der Waals surface area contributed by atoms with Crippen LogP contribution in [-0.4, -0.2) is 9.97 Å². The summed E-state index contributed by atoms with van der Waals surface area (Å²) in [6.07, 6.45) is 2.26. The number of nitrogens with zero attached hydrogens (tertiary/aromatic N) is 2. The van der Waals surface area contributed by atoms with E-state index in [4.69, 9.17) is 17.4 Å². The molecule has 1 aromatic carbocycles. The molecule has 0 bridgehead atoms. The molecule has 21 heavy (non-hydrogen) atoms. The van der Waals surface area contributed by atoms with Gasteiger partial charge in [-0.2, -0.15) is 0 Å². The van der Waals surface area contributed by atoms with E-state index in [9.17, 15) is 0 Å². The number of nitrogens with one attached hydrogen (secondary N) is 2. The van der Waals surface area contributed by atoms with Gasteiger partial charge >= 0.3 is 0 Å². The Labute approximate surface area is 136 Å². The van der Waals surface area contributed by atoms with Gasteiger partial charge in [0.25, 0.3) is 0 Å². The zero-order chi connectivity index (χ0) is 15.0. The van der Waals surface area contributed by atoms with Crippen molar-refractivity contribution in [3.8, 4) is 0 Å². The molecule has 110 valence electrons. The lowest BCUT2D eigenvalue weighted by atomic mass is 10.2. The maximum Gasteiger partial charge on any atom is 0.145 e. The van der Waals surface area contributed by atoms with E-state index in [1.165, 1.54) is 0 Å². The topological polar surface area (TPSA) is 75.9 Å². The number of anilines is 3. The van der Waals surface area contributed by atoms with E-state index >= 15 is 0 Å². The van der Waals surface area contributed by atoms with Crippen LogP contribution in [0.25, 0.3) is 0 Å². The fourth-order valence-corrected chi connectivity index (χ4v) is 2.73. The lowest BCUT2D eigenvalue weighted by molar-refractivity contribution is 0.929. The highest BCUT2D eigenvalue weighted by Crippen LogP contribution is 2.39. The molecule has 0 unspecified atom stereocenters. The highest BCUT2D eigenvalue weighted by Gasteiger charge is 2.27. The van der Waals surface area contributed by atoms with Gasteiger partial charge in [-0.05, 0) is 53.4 Å². The summed E-state index contributed by atoms with van der Waals surface area (Å²) in [6, 6.07) is 5.61. The van der Waals surface area contributed by atoms with Gasteiger partial charge in [-0.1, -0.05) is 11.6 Å². The summed E-state index contributed by atoms with van der Waals surface area (Å²) in [6.45, 7) is 1.96. The van der Waals surface area contributed by atoms with Crippen LogP contribution in [0, 0.1) is 6.92 Å². The van der Waals surface area contributed by atoms with Crippen molar-refractivity contribution >= 4 is 44.9 Å². The Hall–Kier alpha value is -1.37. The average molecular weight is 369 g/mol. The average Bonchev–Trinajstić information content (AvgIpc) is 3.29. The van der Waals surface area contributed by atoms with Crippen LogP contribution >= 0.6 is 27.5 Å². The van der Waals surface area contributed by atoms with Crippen LogP contribution < -0.4 is 16.6 Å². The van der Waals surface area contributed by atoms with E-state index in [1.807, 2.05) is 19.1 Å². The van der Waals surface area contributed by atoms with Gasteiger partial charge in [0.1, 0.15) is 17.5 Å². The second kappa shape index (κ2) is 5.79. The van der Waals surface area contributed by atoms with Gasteiger partial charge in [-0.25, -0.2) is 15.8 Å². The molecule has 4 N–H and O–H groups in total. The van der Waals surface area contributed by atoms with Crippen LogP contribution in [0.4, 0.5) is 17.3 Å². The van der Waals surface area contributed by atoms with Gasteiger partial charge in [0.15, 0.2) is 0 Å². The molecule has 1 aliphatic carbocycles. The summed E-state index contributed by atoms with van der Waals surface area (Å²) in [5.74, 6) is 8.04. The van der Waals surface area contributed by atoms with Crippen molar-refractivity contribution in [3.63, 3.8) is 0 Å². The van der Waals surface area contributed by atoms with Crippen LogP contribution in [-0.2, 0) is 0 Å². The number of hydrogen-bond acceptors (Lipinski definition) is 5. The number of nitrogen functional groups attached to an aromatic ring is 1. The van der Waals surface area contributed by atoms with E-state index in [-0.39, 0.29) is 0 Å². The van der Waals surface area contributed by atoms with E-state index in [0.29, 0.717) is 22.6 Å². The molecular formula is C14H15BrClN5. The fourth-order valence-electron chi connectivity index (χ4n) is 2.01. The van der Waals surface area contributed by atoms with Crippen molar-refractivity contribution in [2.45, 2.75) is 25.7 Å². The molecule has 2 aromatic rings. The molecule has 5 nitrogen and oxygen atoms in total. The number of rotatable bonds is 4. The Morgan fingerprint density at radius 2 is 1.95 bits per heavy atom. The van der Waals surface area contributed by atoms with Gasteiger partial charge in [0.2, 0.25) is 0 Å². The summed E-state index contributed by atoms with van der Waals surface area (Å²) < 4.78 is 0.929. The normalized spacial score (nSPS) is 14.1. The maximum absolute atomic E-state index is 6.18. The molecule has 0 spiro atoms.